The fourth-order valence-corrected chi connectivity index (χ4v) is 3.29. The van der Waals surface area contributed by atoms with Crippen LogP contribution in [0, 0.1) is 17.3 Å². The molecule has 1 amide bonds. The zero-order valence-electron chi connectivity index (χ0n) is 11.0. The van der Waals surface area contributed by atoms with Crippen LogP contribution in [0.25, 0.3) is 0 Å². The van der Waals surface area contributed by atoms with Crippen LogP contribution in [-0.4, -0.2) is 23.9 Å². The Kier molecular flexibility index (Phi) is 3.27. The number of nitrogens with zero attached hydrogens (tertiary/aromatic N) is 1. The molecule has 0 radical (unpaired) electrons. The van der Waals surface area contributed by atoms with E-state index in [4.69, 9.17) is 0 Å². The molecule has 0 aromatic heterocycles. The van der Waals surface area contributed by atoms with E-state index in [2.05, 4.69) is 25.7 Å². The van der Waals surface area contributed by atoms with Crippen molar-refractivity contribution < 1.29 is 4.79 Å². The first kappa shape index (κ1) is 11.9. The zero-order chi connectivity index (χ0) is 11.8. The maximum absolute atomic E-state index is 12.5. The van der Waals surface area contributed by atoms with E-state index in [1.807, 2.05) is 0 Å². The van der Waals surface area contributed by atoms with E-state index in [0.717, 1.165) is 38.3 Å². The second-order valence-electron chi connectivity index (χ2n) is 6.36. The van der Waals surface area contributed by atoms with E-state index in [1.54, 1.807) is 0 Å². The summed E-state index contributed by atoms with van der Waals surface area (Å²) in [6.45, 7) is 8.67. The number of rotatable bonds is 2. The van der Waals surface area contributed by atoms with E-state index in [1.165, 1.54) is 12.8 Å². The molecule has 16 heavy (non-hydrogen) atoms. The van der Waals surface area contributed by atoms with Gasteiger partial charge in [0.1, 0.15) is 0 Å². The van der Waals surface area contributed by atoms with Gasteiger partial charge < -0.3 is 4.90 Å². The lowest BCUT2D eigenvalue weighted by molar-refractivity contribution is -0.138. The third kappa shape index (κ3) is 2.11. The van der Waals surface area contributed by atoms with E-state index in [0.29, 0.717) is 11.8 Å². The summed E-state index contributed by atoms with van der Waals surface area (Å²) in [7, 11) is 0. The van der Waals surface area contributed by atoms with Gasteiger partial charge in [0, 0.05) is 13.1 Å². The molecule has 0 aromatic rings. The summed E-state index contributed by atoms with van der Waals surface area (Å²) in [5.41, 5.74) is 0.0569. The molecule has 1 heterocycles. The van der Waals surface area contributed by atoms with Crippen molar-refractivity contribution in [2.75, 3.05) is 13.1 Å². The molecule has 0 aromatic carbocycles. The van der Waals surface area contributed by atoms with Crippen molar-refractivity contribution in [3.8, 4) is 0 Å². The number of likely N-dealkylation sites (tertiary alicyclic amines) is 1. The van der Waals surface area contributed by atoms with Gasteiger partial charge in [0.05, 0.1) is 5.41 Å². The summed E-state index contributed by atoms with van der Waals surface area (Å²) in [4.78, 5) is 14.6. The second-order valence-corrected chi connectivity index (χ2v) is 6.36. The van der Waals surface area contributed by atoms with Crippen molar-refractivity contribution in [2.45, 2.75) is 52.9 Å². The fraction of sp³-hybridized carbons (Fsp3) is 0.929. The molecule has 0 N–H and O–H groups in total. The topological polar surface area (TPSA) is 20.3 Å². The number of carbonyl (C=O) groups is 1. The average Bonchev–Trinajstić information content (AvgIpc) is 2.52. The van der Waals surface area contributed by atoms with Crippen LogP contribution in [0.5, 0.6) is 0 Å². The fourth-order valence-electron chi connectivity index (χ4n) is 3.29. The quantitative estimate of drug-likeness (QED) is 0.704. The molecule has 1 spiro atoms. The van der Waals surface area contributed by atoms with Gasteiger partial charge in [-0.25, -0.2) is 0 Å². The minimum Gasteiger partial charge on any atom is -0.342 e. The first-order chi connectivity index (χ1) is 7.53. The highest BCUT2D eigenvalue weighted by Crippen LogP contribution is 2.46. The summed E-state index contributed by atoms with van der Waals surface area (Å²) in [5.74, 6) is 1.90. The molecule has 2 aliphatic rings. The molecule has 1 aliphatic heterocycles. The van der Waals surface area contributed by atoms with Gasteiger partial charge in [-0.05, 0) is 43.9 Å². The molecule has 1 saturated carbocycles. The predicted molar refractivity (Wildman–Crippen MR) is 66.1 cm³/mol. The van der Waals surface area contributed by atoms with Crippen LogP contribution in [0.2, 0.25) is 0 Å². The molecule has 0 atom stereocenters. The Hall–Kier alpha value is -0.530. The molecule has 1 saturated heterocycles. The maximum Gasteiger partial charge on any atom is 0.228 e. The number of amides is 1. The van der Waals surface area contributed by atoms with Gasteiger partial charge in [0.25, 0.3) is 0 Å². The summed E-state index contributed by atoms with van der Waals surface area (Å²) in [5, 5.41) is 0. The summed E-state index contributed by atoms with van der Waals surface area (Å²) in [6.07, 6.45) is 5.90. The Labute approximate surface area is 99.4 Å². The summed E-state index contributed by atoms with van der Waals surface area (Å²) < 4.78 is 0. The van der Waals surface area contributed by atoms with Crippen LogP contribution in [-0.2, 0) is 4.79 Å². The normalized spacial score (nSPS) is 35.4. The highest BCUT2D eigenvalue weighted by molar-refractivity contribution is 5.84. The van der Waals surface area contributed by atoms with Crippen molar-refractivity contribution in [1.29, 1.82) is 0 Å². The van der Waals surface area contributed by atoms with Crippen LogP contribution in [0.15, 0.2) is 0 Å². The van der Waals surface area contributed by atoms with Crippen molar-refractivity contribution in [3.05, 3.63) is 0 Å². The van der Waals surface area contributed by atoms with E-state index in [9.17, 15) is 4.79 Å². The van der Waals surface area contributed by atoms with E-state index >= 15 is 0 Å². The first-order valence-electron chi connectivity index (χ1n) is 6.83. The van der Waals surface area contributed by atoms with E-state index < -0.39 is 0 Å². The van der Waals surface area contributed by atoms with Gasteiger partial charge in [0.2, 0.25) is 5.91 Å². The molecule has 92 valence electrons. The van der Waals surface area contributed by atoms with Crippen LogP contribution < -0.4 is 0 Å². The number of carbonyl (C=O) groups excluding carboxylic acids is 1. The van der Waals surface area contributed by atoms with E-state index in [-0.39, 0.29) is 5.41 Å². The lowest BCUT2D eigenvalue weighted by atomic mass is 9.70. The van der Waals surface area contributed by atoms with Crippen molar-refractivity contribution in [3.63, 3.8) is 0 Å². The standard InChI is InChI=1S/C14H25NO/c1-11(2)10-15-9-8-14(13(15)16)6-4-12(3)5-7-14/h11-12H,4-10H2,1-3H3/t12-,14+. The van der Waals surface area contributed by atoms with Crippen molar-refractivity contribution in [1.82, 2.24) is 4.90 Å². The summed E-state index contributed by atoms with van der Waals surface area (Å²) in [6, 6.07) is 0. The maximum atomic E-state index is 12.5. The molecule has 1 aliphatic carbocycles. The molecular weight excluding hydrogens is 198 g/mol. The van der Waals surface area contributed by atoms with Gasteiger partial charge in [-0.1, -0.05) is 20.8 Å². The van der Waals surface area contributed by atoms with Crippen molar-refractivity contribution in [2.24, 2.45) is 17.3 Å². The van der Waals surface area contributed by atoms with Gasteiger partial charge in [0.15, 0.2) is 0 Å². The largest absolute Gasteiger partial charge is 0.342 e. The predicted octanol–water partition coefficient (Wildman–Crippen LogP) is 3.07. The molecule has 0 unspecified atom stereocenters. The monoisotopic (exact) mass is 223 g/mol. The van der Waals surface area contributed by atoms with Gasteiger partial charge in [-0.15, -0.1) is 0 Å². The molecule has 2 fully saturated rings. The minimum atomic E-state index is 0.0569. The SMILES string of the molecule is CC(C)CN1CC[C@]2(CC[C@H](C)CC2)C1=O. The summed E-state index contributed by atoms with van der Waals surface area (Å²) >= 11 is 0. The Balaban J connectivity index is 2.00. The number of hydrogen-bond acceptors (Lipinski definition) is 1. The van der Waals surface area contributed by atoms with Crippen LogP contribution in [0.4, 0.5) is 0 Å². The third-order valence-electron chi connectivity index (χ3n) is 4.42. The third-order valence-corrected chi connectivity index (χ3v) is 4.42. The molecule has 2 rings (SSSR count). The highest BCUT2D eigenvalue weighted by atomic mass is 16.2. The van der Waals surface area contributed by atoms with Crippen LogP contribution in [0.1, 0.15) is 52.9 Å². The smallest absolute Gasteiger partial charge is 0.228 e. The van der Waals surface area contributed by atoms with Crippen LogP contribution >= 0.6 is 0 Å². The second kappa shape index (κ2) is 4.38. The first-order valence-corrected chi connectivity index (χ1v) is 6.83. The molecule has 2 nitrogen and oxygen atoms in total. The highest BCUT2D eigenvalue weighted by Gasteiger charge is 2.47. The van der Waals surface area contributed by atoms with Gasteiger partial charge in [-0.3, -0.25) is 4.79 Å². The lowest BCUT2D eigenvalue weighted by Gasteiger charge is -2.34. The van der Waals surface area contributed by atoms with Gasteiger partial charge >= 0.3 is 0 Å². The van der Waals surface area contributed by atoms with Crippen molar-refractivity contribution >= 4 is 5.91 Å². The Morgan fingerprint density at radius 2 is 1.94 bits per heavy atom. The molecule has 2 heteroatoms. The molecular formula is C14H25NO. The average molecular weight is 223 g/mol. The Bertz CT molecular complexity index is 264. The molecule has 0 bridgehead atoms. The van der Waals surface area contributed by atoms with Crippen LogP contribution in [0.3, 0.4) is 0 Å². The van der Waals surface area contributed by atoms with Gasteiger partial charge in [-0.2, -0.15) is 0 Å². The minimum absolute atomic E-state index is 0.0569. The number of hydrogen-bond donors (Lipinski definition) is 0. The lowest BCUT2D eigenvalue weighted by Crippen LogP contribution is -2.38. The Morgan fingerprint density at radius 3 is 2.50 bits per heavy atom. The Morgan fingerprint density at radius 1 is 1.31 bits per heavy atom. The zero-order valence-corrected chi connectivity index (χ0v) is 11.0.